The molecule has 62 valence electrons. The summed E-state index contributed by atoms with van der Waals surface area (Å²) in [6, 6.07) is 0. The van der Waals surface area contributed by atoms with Gasteiger partial charge in [0.1, 0.15) is 0 Å². The molecule has 0 amide bonds. The van der Waals surface area contributed by atoms with Gasteiger partial charge in [0.05, 0.1) is 0 Å². The molecule has 0 aromatic rings. The van der Waals surface area contributed by atoms with Gasteiger partial charge in [-0.15, -0.1) is 0 Å². The minimum Gasteiger partial charge on any atom is -0.319 e. The zero-order chi connectivity index (χ0) is 8.36. The number of halogens is 2. The van der Waals surface area contributed by atoms with Gasteiger partial charge >= 0.3 is 7.52 Å². The molecule has 0 spiro atoms. The zero-order valence-corrected chi connectivity index (χ0v) is 8.45. The molecule has 0 bridgehead atoms. The highest BCUT2D eigenvalue weighted by Gasteiger charge is 2.32. The molecular weight excluding hydrogens is 196 g/mol. The zero-order valence-electron chi connectivity index (χ0n) is 6.04. The van der Waals surface area contributed by atoms with Crippen molar-refractivity contribution in [2.45, 2.75) is 4.58 Å². The number of hydrogen-bond acceptors (Lipinski definition) is 2. The Morgan fingerprint density at radius 1 is 1.50 bits per heavy atom. The van der Waals surface area contributed by atoms with E-state index in [-0.39, 0.29) is 0 Å². The average Bonchev–Trinajstić information content (AvgIpc) is 1.85. The van der Waals surface area contributed by atoms with Crippen molar-refractivity contribution in [2.24, 2.45) is 0 Å². The molecule has 0 rings (SSSR count). The van der Waals surface area contributed by atoms with Crippen molar-refractivity contribution >= 4 is 30.7 Å². The van der Waals surface area contributed by atoms with Crippen LogP contribution in [0.3, 0.4) is 0 Å². The van der Waals surface area contributed by atoms with E-state index in [9.17, 15) is 4.57 Å². The maximum atomic E-state index is 11.4. The van der Waals surface area contributed by atoms with E-state index in [0.29, 0.717) is 0 Å². The molecule has 6 heteroatoms. The van der Waals surface area contributed by atoms with Crippen LogP contribution in [-0.2, 0) is 9.09 Å². The molecule has 0 heterocycles. The second-order valence-electron chi connectivity index (χ2n) is 1.87. The average molecular weight is 206 g/mol. The van der Waals surface area contributed by atoms with Crippen LogP contribution in [-0.4, -0.2) is 30.5 Å². The van der Waals surface area contributed by atoms with Crippen LogP contribution < -0.4 is 0 Å². The molecule has 0 aliphatic carbocycles. The van der Waals surface area contributed by atoms with E-state index in [4.69, 9.17) is 23.2 Å². The Bertz CT molecular complexity index is 138. The van der Waals surface area contributed by atoms with Crippen molar-refractivity contribution in [1.29, 1.82) is 0 Å². The molecule has 0 aliphatic heterocycles. The minimum absolute atomic E-state index is 0.993. The van der Waals surface area contributed by atoms with E-state index in [1.165, 1.54) is 11.8 Å². The highest BCUT2D eigenvalue weighted by atomic mass is 35.5. The number of rotatable bonds is 3. The Kier molecular flexibility index (Phi) is 4.22. The van der Waals surface area contributed by atoms with E-state index >= 15 is 0 Å². The summed E-state index contributed by atoms with van der Waals surface area (Å²) in [4.78, 5) is 0. The quantitative estimate of drug-likeness (QED) is 0.523. The summed E-state index contributed by atoms with van der Waals surface area (Å²) in [7, 11) is 1.54. The van der Waals surface area contributed by atoms with Crippen molar-refractivity contribution in [2.75, 3.05) is 21.2 Å². The fourth-order valence-electron chi connectivity index (χ4n) is 0.418. The van der Waals surface area contributed by atoms with E-state index in [1.807, 2.05) is 0 Å². The minimum atomic E-state index is -2.98. The van der Waals surface area contributed by atoms with E-state index in [2.05, 4.69) is 4.52 Å². The SMILES string of the molecule is COP(=O)(C(Cl)Cl)N(C)C. The normalized spacial score (nSPS) is 17.9. The fourth-order valence-corrected chi connectivity index (χ4v) is 2.78. The van der Waals surface area contributed by atoms with Gasteiger partial charge in [0, 0.05) is 7.11 Å². The number of alkyl halides is 2. The van der Waals surface area contributed by atoms with Crippen molar-refractivity contribution in [3.05, 3.63) is 0 Å². The van der Waals surface area contributed by atoms with E-state index in [0.717, 1.165) is 0 Å². The predicted molar refractivity (Wildman–Crippen MR) is 43.8 cm³/mol. The van der Waals surface area contributed by atoms with Gasteiger partial charge < -0.3 is 4.52 Å². The molecule has 1 unspecified atom stereocenters. The Morgan fingerprint density at radius 3 is 1.90 bits per heavy atom. The van der Waals surface area contributed by atoms with E-state index < -0.39 is 12.1 Å². The van der Waals surface area contributed by atoms with Crippen molar-refractivity contribution in [3.63, 3.8) is 0 Å². The topological polar surface area (TPSA) is 29.5 Å². The first-order valence-electron chi connectivity index (χ1n) is 2.56. The van der Waals surface area contributed by atoms with Gasteiger partial charge in [-0.25, -0.2) is 4.67 Å². The second-order valence-corrected chi connectivity index (χ2v) is 6.39. The smallest absolute Gasteiger partial charge is 0.303 e. The third-order valence-corrected chi connectivity index (χ3v) is 4.68. The lowest BCUT2D eigenvalue weighted by Gasteiger charge is -2.22. The number of hydrogen-bond donors (Lipinski definition) is 0. The summed E-state index contributed by atoms with van der Waals surface area (Å²) in [5.41, 5.74) is 0. The van der Waals surface area contributed by atoms with Crippen LogP contribution in [0.2, 0.25) is 0 Å². The largest absolute Gasteiger partial charge is 0.319 e. The molecule has 0 N–H and O–H groups in total. The van der Waals surface area contributed by atoms with Gasteiger partial charge in [-0.2, -0.15) is 0 Å². The molecule has 0 radical (unpaired) electrons. The third-order valence-electron chi connectivity index (χ3n) is 1.07. The Hall–Kier alpha value is 0.730. The lowest BCUT2D eigenvalue weighted by Crippen LogP contribution is -2.13. The van der Waals surface area contributed by atoms with Gasteiger partial charge in [0.25, 0.3) is 0 Å². The van der Waals surface area contributed by atoms with Crippen molar-refractivity contribution < 1.29 is 9.09 Å². The monoisotopic (exact) mass is 205 g/mol. The standard InChI is InChI=1S/C4H10Cl2NO2P/c1-7(2)10(8,9-3)4(5)6/h4H,1-3H3. The molecule has 0 saturated carbocycles. The van der Waals surface area contributed by atoms with Gasteiger partial charge in [0.15, 0.2) is 4.58 Å². The third kappa shape index (κ3) is 2.11. The van der Waals surface area contributed by atoms with Gasteiger partial charge in [-0.05, 0) is 14.1 Å². The lowest BCUT2D eigenvalue weighted by molar-refractivity contribution is 0.347. The lowest BCUT2D eigenvalue weighted by atomic mass is 11.3. The van der Waals surface area contributed by atoms with Crippen LogP contribution in [0.4, 0.5) is 0 Å². The second kappa shape index (κ2) is 3.93. The van der Waals surface area contributed by atoms with Crippen LogP contribution in [0, 0.1) is 0 Å². The molecule has 0 aromatic carbocycles. The Labute approximate surface area is 70.7 Å². The summed E-state index contributed by atoms with van der Waals surface area (Å²) in [5.74, 6) is 0. The Balaban J connectivity index is 4.40. The van der Waals surface area contributed by atoms with Crippen LogP contribution in [0.5, 0.6) is 0 Å². The molecule has 0 aromatic heterocycles. The van der Waals surface area contributed by atoms with Gasteiger partial charge in [0.2, 0.25) is 0 Å². The highest BCUT2D eigenvalue weighted by molar-refractivity contribution is 7.61. The molecule has 0 fully saturated rings. The van der Waals surface area contributed by atoms with Crippen molar-refractivity contribution in [3.8, 4) is 0 Å². The molecule has 10 heavy (non-hydrogen) atoms. The predicted octanol–water partition coefficient (Wildman–Crippen LogP) is 2.15. The molecule has 3 nitrogen and oxygen atoms in total. The maximum absolute atomic E-state index is 11.4. The first-order chi connectivity index (χ1) is 4.45. The van der Waals surface area contributed by atoms with Crippen molar-refractivity contribution in [1.82, 2.24) is 4.67 Å². The summed E-state index contributed by atoms with van der Waals surface area (Å²) in [5, 5.41) is 0. The van der Waals surface area contributed by atoms with Crippen LogP contribution >= 0.6 is 30.7 Å². The molecule has 1 atom stereocenters. The first kappa shape index (κ1) is 10.7. The fraction of sp³-hybridized carbons (Fsp3) is 1.00. The van der Waals surface area contributed by atoms with Crippen LogP contribution in [0.25, 0.3) is 0 Å². The summed E-state index contributed by atoms with van der Waals surface area (Å²) >= 11 is 10.8. The van der Waals surface area contributed by atoms with E-state index in [1.54, 1.807) is 14.1 Å². The molecular formula is C4H10Cl2NO2P. The Morgan fingerprint density at radius 2 is 1.90 bits per heavy atom. The summed E-state index contributed by atoms with van der Waals surface area (Å²) in [6.45, 7) is 0. The summed E-state index contributed by atoms with van der Waals surface area (Å²) < 4.78 is 16.5. The van der Waals surface area contributed by atoms with Gasteiger partial charge in [-0.1, -0.05) is 23.2 Å². The highest BCUT2D eigenvalue weighted by Crippen LogP contribution is 2.56. The van der Waals surface area contributed by atoms with Gasteiger partial charge in [-0.3, -0.25) is 4.57 Å². The van der Waals surface area contributed by atoms with Crippen LogP contribution in [0.15, 0.2) is 0 Å². The summed E-state index contributed by atoms with van der Waals surface area (Å²) in [6.07, 6.45) is 0. The maximum Gasteiger partial charge on any atom is 0.303 e. The molecule has 0 aliphatic rings. The first-order valence-corrected chi connectivity index (χ1v) is 5.08. The number of nitrogens with zero attached hydrogens (tertiary/aromatic N) is 1. The molecule has 0 saturated heterocycles. The van der Waals surface area contributed by atoms with Crippen LogP contribution in [0.1, 0.15) is 0 Å².